The highest BCUT2D eigenvalue weighted by atomic mass is 32.2. The highest BCUT2D eigenvalue weighted by Gasteiger charge is 2.30. The fraction of sp³-hybridized carbons (Fsp3) is 0.240. The summed E-state index contributed by atoms with van der Waals surface area (Å²) in [6.07, 6.45) is 0. The maximum Gasteiger partial charge on any atom is 0.268 e. The van der Waals surface area contributed by atoms with Gasteiger partial charge in [-0.1, -0.05) is 12.1 Å². The highest BCUT2D eigenvalue weighted by molar-refractivity contribution is 7.93. The fourth-order valence-electron chi connectivity index (χ4n) is 3.34. The van der Waals surface area contributed by atoms with Gasteiger partial charge in [-0.05, 0) is 80.4 Å². The van der Waals surface area contributed by atoms with E-state index in [1.165, 1.54) is 31.4 Å². The van der Waals surface area contributed by atoms with Crippen LogP contribution in [0.3, 0.4) is 0 Å². The maximum atomic E-state index is 13.8. The van der Waals surface area contributed by atoms with E-state index in [4.69, 9.17) is 9.47 Å². The van der Waals surface area contributed by atoms with Crippen LogP contribution < -0.4 is 19.1 Å². The number of aryl methyl sites for hydroxylation is 2. The summed E-state index contributed by atoms with van der Waals surface area (Å²) < 4.78 is 52.9. The molecule has 0 spiro atoms. The van der Waals surface area contributed by atoms with Gasteiger partial charge in [0.1, 0.15) is 28.8 Å². The van der Waals surface area contributed by atoms with Crippen molar-refractivity contribution in [3.63, 3.8) is 0 Å². The lowest BCUT2D eigenvalue weighted by Gasteiger charge is -2.25. The molecule has 0 saturated heterocycles. The predicted molar refractivity (Wildman–Crippen MR) is 130 cm³/mol. The summed E-state index contributed by atoms with van der Waals surface area (Å²) in [4.78, 5) is 12.9. The largest absolute Gasteiger partial charge is 0.495 e. The molecule has 0 aliphatic heterocycles. The Kier molecular flexibility index (Phi) is 7.78. The van der Waals surface area contributed by atoms with Crippen LogP contribution in [0.15, 0.2) is 65.6 Å². The van der Waals surface area contributed by atoms with Gasteiger partial charge in [-0.2, -0.15) is 0 Å². The lowest BCUT2D eigenvalue weighted by molar-refractivity contribution is -0.114. The number of ether oxygens (including phenoxy) is 2. The number of amides is 1. The Balaban J connectivity index is 2.03. The normalized spacial score (nSPS) is 11.1. The second-order valence-electron chi connectivity index (χ2n) is 7.60. The molecule has 3 rings (SSSR count). The standard InChI is InChI=1S/C25H27FN2O5S/c1-5-33-21-11-9-20(10-12-21)28(16-25(29)27-22-15-19(26)8-7-18(22)3)34(30,31)24-14-17(2)6-13-23(24)32-4/h6-15H,5,16H2,1-4H3,(H,27,29). The molecule has 9 heteroatoms. The van der Waals surface area contributed by atoms with Crippen LogP contribution >= 0.6 is 0 Å². The number of nitrogens with zero attached hydrogens (tertiary/aromatic N) is 1. The van der Waals surface area contributed by atoms with Crippen molar-refractivity contribution in [2.24, 2.45) is 0 Å². The van der Waals surface area contributed by atoms with Crippen molar-refractivity contribution in [1.82, 2.24) is 0 Å². The fourth-order valence-corrected chi connectivity index (χ4v) is 5.01. The summed E-state index contributed by atoms with van der Waals surface area (Å²) >= 11 is 0. The first kappa shape index (κ1) is 25.0. The summed E-state index contributed by atoms with van der Waals surface area (Å²) in [6.45, 7) is 5.24. The second-order valence-corrected chi connectivity index (χ2v) is 9.43. The van der Waals surface area contributed by atoms with E-state index in [1.54, 1.807) is 50.2 Å². The molecule has 0 fully saturated rings. The van der Waals surface area contributed by atoms with Crippen LogP contribution in [0.1, 0.15) is 18.1 Å². The van der Waals surface area contributed by atoms with Crippen LogP contribution in [0, 0.1) is 19.7 Å². The molecule has 0 aromatic heterocycles. The molecule has 0 radical (unpaired) electrons. The van der Waals surface area contributed by atoms with E-state index >= 15 is 0 Å². The van der Waals surface area contributed by atoms with Gasteiger partial charge in [0.2, 0.25) is 5.91 Å². The van der Waals surface area contributed by atoms with Gasteiger partial charge in [0.15, 0.2) is 0 Å². The molecule has 0 aliphatic carbocycles. The van der Waals surface area contributed by atoms with E-state index in [2.05, 4.69) is 5.32 Å². The van der Waals surface area contributed by atoms with Crippen molar-refractivity contribution < 1.29 is 27.1 Å². The minimum absolute atomic E-state index is 0.0707. The van der Waals surface area contributed by atoms with E-state index in [1.807, 2.05) is 6.92 Å². The van der Waals surface area contributed by atoms with E-state index in [9.17, 15) is 17.6 Å². The molecule has 7 nitrogen and oxygen atoms in total. The van der Waals surface area contributed by atoms with Crippen molar-refractivity contribution in [2.75, 3.05) is 29.9 Å². The summed E-state index contributed by atoms with van der Waals surface area (Å²) in [7, 11) is -2.84. The molecule has 0 unspecified atom stereocenters. The van der Waals surface area contributed by atoms with Gasteiger partial charge in [0.25, 0.3) is 10.0 Å². The molecule has 0 aliphatic rings. The maximum absolute atomic E-state index is 13.8. The van der Waals surface area contributed by atoms with Crippen LogP contribution in [-0.4, -0.2) is 34.6 Å². The zero-order valence-electron chi connectivity index (χ0n) is 19.5. The molecule has 0 heterocycles. The first-order chi connectivity index (χ1) is 16.1. The SMILES string of the molecule is CCOc1ccc(N(CC(=O)Nc2cc(F)ccc2C)S(=O)(=O)c2cc(C)ccc2OC)cc1. The number of halogens is 1. The lowest BCUT2D eigenvalue weighted by atomic mass is 10.2. The van der Waals surface area contributed by atoms with Gasteiger partial charge in [0, 0.05) is 5.69 Å². The van der Waals surface area contributed by atoms with Crippen molar-refractivity contribution in [3.8, 4) is 11.5 Å². The van der Waals surface area contributed by atoms with E-state index in [-0.39, 0.29) is 22.0 Å². The molecule has 3 aromatic carbocycles. The Morgan fingerprint density at radius 2 is 1.74 bits per heavy atom. The number of hydrogen-bond acceptors (Lipinski definition) is 5. The third-order valence-corrected chi connectivity index (χ3v) is 6.88. The van der Waals surface area contributed by atoms with Gasteiger partial charge in [-0.15, -0.1) is 0 Å². The molecular formula is C25H27FN2O5S. The highest BCUT2D eigenvalue weighted by Crippen LogP contribution is 2.32. The number of carbonyl (C=O) groups is 1. The van der Waals surface area contributed by atoms with Crippen molar-refractivity contribution in [2.45, 2.75) is 25.7 Å². The van der Waals surface area contributed by atoms with Crippen LogP contribution in [-0.2, 0) is 14.8 Å². The van der Waals surface area contributed by atoms with Gasteiger partial charge in [-0.25, -0.2) is 12.8 Å². The quantitative estimate of drug-likeness (QED) is 0.475. The third kappa shape index (κ3) is 5.66. The molecule has 1 N–H and O–H groups in total. The number of anilines is 2. The van der Waals surface area contributed by atoms with Gasteiger partial charge in [0.05, 0.1) is 19.4 Å². The number of nitrogens with one attached hydrogen (secondary N) is 1. The monoisotopic (exact) mass is 486 g/mol. The Morgan fingerprint density at radius 3 is 2.38 bits per heavy atom. The third-order valence-electron chi connectivity index (χ3n) is 5.08. The minimum atomic E-state index is -4.22. The molecule has 0 atom stereocenters. The number of rotatable bonds is 9. The Labute approximate surface area is 199 Å². The molecular weight excluding hydrogens is 459 g/mol. The summed E-state index contributed by atoms with van der Waals surface area (Å²) in [5, 5.41) is 2.61. The van der Waals surface area contributed by atoms with Crippen LogP contribution in [0.5, 0.6) is 11.5 Å². The minimum Gasteiger partial charge on any atom is -0.495 e. The summed E-state index contributed by atoms with van der Waals surface area (Å²) in [6, 6.07) is 15.2. The lowest BCUT2D eigenvalue weighted by Crippen LogP contribution is -2.38. The van der Waals surface area contributed by atoms with E-state index < -0.39 is 28.3 Å². The average molecular weight is 487 g/mol. The van der Waals surface area contributed by atoms with Gasteiger partial charge in [-0.3, -0.25) is 9.10 Å². The van der Waals surface area contributed by atoms with Crippen LogP contribution in [0.25, 0.3) is 0 Å². The summed E-state index contributed by atoms with van der Waals surface area (Å²) in [5.41, 5.74) is 1.89. The molecule has 3 aromatic rings. The topological polar surface area (TPSA) is 84.9 Å². The van der Waals surface area contributed by atoms with E-state index in [0.29, 0.717) is 23.5 Å². The number of hydrogen-bond donors (Lipinski definition) is 1. The van der Waals surface area contributed by atoms with Crippen molar-refractivity contribution >= 4 is 27.3 Å². The smallest absolute Gasteiger partial charge is 0.268 e. The first-order valence-electron chi connectivity index (χ1n) is 10.6. The zero-order chi connectivity index (χ0) is 24.9. The predicted octanol–water partition coefficient (Wildman–Crippen LogP) is 4.68. The zero-order valence-corrected chi connectivity index (χ0v) is 20.3. The first-order valence-corrected chi connectivity index (χ1v) is 12.1. The molecule has 180 valence electrons. The Bertz CT molecular complexity index is 1280. The number of carbonyl (C=O) groups excluding carboxylic acids is 1. The molecule has 0 saturated carbocycles. The van der Waals surface area contributed by atoms with E-state index in [0.717, 1.165) is 4.31 Å². The summed E-state index contributed by atoms with van der Waals surface area (Å²) in [5.74, 6) is -0.418. The molecule has 1 amide bonds. The number of sulfonamides is 1. The Hall–Kier alpha value is -3.59. The Morgan fingerprint density at radius 1 is 1.03 bits per heavy atom. The number of benzene rings is 3. The van der Waals surface area contributed by atoms with Gasteiger partial charge >= 0.3 is 0 Å². The molecule has 34 heavy (non-hydrogen) atoms. The van der Waals surface area contributed by atoms with Crippen LogP contribution in [0.4, 0.5) is 15.8 Å². The van der Waals surface area contributed by atoms with Crippen molar-refractivity contribution in [1.29, 1.82) is 0 Å². The second kappa shape index (κ2) is 10.6. The molecule has 0 bridgehead atoms. The van der Waals surface area contributed by atoms with Crippen molar-refractivity contribution in [3.05, 3.63) is 77.6 Å². The number of methoxy groups -OCH3 is 1. The van der Waals surface area contributed by atoms with Gasteiger partial charge < -0.3 is 14.8 Å². The average Bonchev–Trinajstić information content (AvgIpc) is 2.80. The van der Waals surface area contributed by atoms with Crippen LogP contribution in [0.2, 0.25) is 0 Å².